The number of rotatable bonds is 9. The Morgan fingerprint density at radius 1 is 1.12 bits per heavy atom. The number of nitrogens with zero attached hydrogens (tertiary/aromatic N) is 2. The number of methoxy groups -OCH3 is 1. The molecule has 1 aliphatic rings. The van der Waals surface area contributed by atoms with E-state index in [4.69, 9.17) is 14.2 Å². The van der Waals surface area contributed by atoms with E-state index >= 15 is 0 Å². The average Bonchev–Trinajstić information content (AvgIpc) is 3.43. The van der Waals surface area contributed by atoms with Crippen LogP contribution in [-0.4, -0.2) is 56.0 Å². The van der Waals surface area contributed by atoms with Gasteiger partial charge in [0.15, 0.2) is 14.9 Å². The van der Waals surface area contributed by atoms with Crippen LogP contribution in [-0.2, 0) is 14.6 Å². The monoisotopic (exact) mass is 484 g/mol. The molecule has 2 N–H and O–H groups in total. The normalized spacial score (nSPS) is 16.6. The fraction of sp³-hybridized carbons (Fsp3) is 0.333. The lowest BCUT2D eigenvalue weighted by Gasteiger charge is -2.16. The highest BCUT2D eigenvalue weighted by Gasteiger charge is 2.16. The molecule has 2 atom stereocenters. The number of sulfone groups is 1. The minimum Gasteiger partial charge on any atom is -0.488 e. The Morgan fingerprint density at radius 2 is 1.88 bits per heavy atom. The van der Waals surface area contributed by atoms with Crippen molar-refractivity contribution < 1.29 is 22.6 Å². The number of ether oxygens (including phenoxy) is 3. The van der Waals surface area contributed by atoms with Crippen LogP contribution in [0.5, 0.6) is 17.4 Å². The molecular formula is C24H28N4O5S. The average molecular weight is 485 g/mol. The van der Waals surface area contributed by atoms with Crippen molar-refractivity contribution in [2.75, 3.05) is 26.5 Å². The predicted molar refractivity (Wildman–Crippen MR) is 129 cm³/mol. The summed E-state index contributed by atoms with van der Waals surface area (Å²) in [6.07, 6.45) is 5.56. The lowest BCUT2D eigenvalue weighted by Crippen LogP contribution is -2.17. The molecule has 0 aliphatic carbocycles. The minimum atomic E-state index is -3.44. The number of hydrogen-bond donors (Lipinski definition) is 2. The SMILES string of the molecule is COC[C@H](C)Oc1cc(Oc2cnc(S(C)(=O)=O)cn2)cc(-c2ccc(C3=C[C@@H](C)CN3)[nH]2)c1. The van der Waals surface area contributed by atoms with Gasteiger partial charge in [-0.15, -0.1) is 0 Å². The first-order valence-corrected chi connectivity index (χ1v) is 12.8. The highest BCUT2D eigenvalue weighted by Crippen LogP contribution is 2.33. The van der Waals surface area contributed by atoms with Gasteiger partial charge in [0.1, 0.15) is 17.6 Å². The van der Waals surface area contributed by atoms with Gasteiger partial charge in [0, 0.05) is 37.2 Å². The fourth-order valence-electron chi connectivity index (χ4n) is 3.60. The number of nitrogens with one attached hydrogen (secondary N) is 2. The molecule has 0 spiro atoms. The summed E-state index contributed by atoms with van der Waals surface area (Å²) >= 11 is 0. The van der Waals surface area contributed by atoms with Crippen LogP contribution in [0.25, 0.3) is 17.0 Å². The van der Waals surface area contributed by atoms with Crippen LogP contribution in [0, 0.1) is 5.92 Å². The Kier molecular flexibility index (Phi) is 6.90. The summed E-state index contributed by atoms with van der Waals surface area (Å²) in [6.45, 7) is 5.43. The van der Waals surface area contributed by atoms with Gasteiger partial charge in [-0.1, -0.05) is 13.0 Å². The van der Waals surface area contributed by atoms with E-state index in [-0.39, 0.29) is 17.0 Å². The molecule has 0 bridgehead atoms. The number of benzene rings is 1. The molecule has 34 heavy (non-hydrogen) atoms. The zero-order valence-corrected chi connectivity index (χ0v) is 20.3. The number of hydrogen-bond acceptors (Lipinski definition) is 8. The van der Waals surface area contributed by atoms with E-state index < -0.39 is 9.84 Å². The first-order valence-electron chi connectivity index (χ1n) is 10.9. The second-order valence-electron chi connectivity index (χ2n) is 8.37. The molecule has 0 radical (unpaired) electrons. The Balaban J connectivity index is 1.64. The second-order valence-corrected chi connectivity index (χ2v) is 10.3. The summed E-state index contributed by atoms with van der Waals surface area (Å²) in [5.74, 6) is 1.72. The lowest BCUT2D eigenvalue weighted by molar-refractivity contribution is 0.0920. The topological polar surface area (TPSA) is 115 Å². The van der Waals surface area contributed by atoms with Crippen LogP contribution in [0.15, 0.2) is 53.8 Å². The summed E-state index contributed by atoms with van der Waals surface area (Å²) in [4.78, 5) is 11.5. The van der Waals surface area contributed by atoms with Crippen LogP contribution in [0.1, 0.15) is 19.5 Å². The molecule has 3 heterocycles. The molecule has 0 amide bonds. The van der Waals surface area contributed by atoms with Crippen molar-refractivity contribution in [1.82, 2.24) is 20.3 Å². The van der Waals surface area contributed by atoms with Crippen LogP contribution in [0.2, 0.25) is 0 Å². The van der Waals surface area contributed by atoms with Crippen molar-refractivity contribution in [3.63, 3.8) is 0 Å². The largest absolute Gasteiger partial charge is 0.488 e. The summed E-state index contributed by atoms with van der Waals surface area (Å²) in [6, 6.07) is 9.56. The first kappa shape index (κ1) is 23.8. The van der Waals surface area contributed by atoms with Crippen molar-refractivity contribution in [2.45, 2.75) is 25.0 Å². The summed E-state index contributed by atoms with van der Waals surface area (Å²) in [7, 11) is -1.82. The van der Waals surface area contributed by atoms with Gasteiger partial charge in [-0.25, -0.2) is 18.4 Å². The Labute approximate surface area is 199 Å². The number of H-pyrrole nitrogens is 1. The zero-order chi connectivity index (χ0) is 24.3. The van der Waals surface area contributed by atoms with Gasteiger partial charge in [-0.2, -0.15) is 0 Å². The van der Waals surface area contributed by atoms with Gasteiger partial charge in [0.2, 0.25) is 5.88 Å². The van der Waals surface area contributed by atoms with Gasteiger partial charge in [-0.3, -0.25) is 0 Å². The van der Waals surface area contributed by atoms with Crippen LogP contribution >= 0.6 is 0 Å². The second kappa shape index (κ2) is 9.86. The molecule has 180 valence electrons. The maximum absolute atomic E-state index is 11.6. The van der Waals surface area contributed by atoms with E-state index in [1.54, 1.807) is 13.2 Å². The molecule has 1 aromatic carbocycles. The Morgan fingerprint density at radius 3 is 2.53 bits per heavy atom. The molecule has 10 heteroatoms. The lowest BCUT2D eigenvalue weighted by atomic mass is 10.1. The Bertz CT molecular complexity index is 1280. The molecule has 0 unspecified atom stereocenters. The van der Waals surface area contributed by atoms with Crippen molar-refractivity contribution in [1.29, 1.82) is 0 Å². The highest BCUT2D eigenvalue weighted by molar-refractivity contribution is 7.90. The third-order valence-corrected chi connectivity index (χ3v) is 6.15. The zero-order valence-electron chi connectivity index (χ0n) is 19.5. The van der Waals surface area contributed by atoms with E-state index in [9.17, 15) is 8.42 Å². The summed E-state index contributed by atoms with van der Waals surface area (Å²) in [5.41, 5.74) is 3.84. The van der Waals surface area contributed by atoms with E-state index in [0.29, 0.717) is 24.0 Å². The van der Waals surface area contributed by atoms with Crippen LogP contribution in [0.4, 0.5) is 0 Å². The maximum Gasteiger partial charge on any atom is 0.237 e. The molecular weight excluding hydrogens is 456 g/mol. The van der Waals surface area contributed by atoms with Crippen molar-refractivity contribution >= 4 is 15.5 Å². The molecule has 1 aliphatic heterocycles. The van der Waals surface area contributed by atoms with Gasteiger partial charge in [-0.05, 0) is 37.1 Å². The summed E-state index contributed by atoms with van der Waals surface area (Å²) < 4.78 is 40.4. The van der Waals surface area contributed by atoms with Crippen molar-refractivity contribution in [2.24, 2.45) is 5.92 Å². The smallest absolute Gasteiger partial charge is 0.237 e. The van der Waals surface area contributed by atoms with E-state index in [0.717, 1.165) is 35.4 Å². The van der Waals surface area contributed by atoms with E-state index in [1.165, 1.54) is 12.4 Å². The molecule has 0 saturated heterocycles. The molecule has 3 aromatic rings. The molecule has 4 rings (SSSR count). The van der Waals surface area contributed by atoms with E-state index in [2.05, 4.69) is 33.3 Å². The molecule has 2 aromatic heterocycles. The number of aromatic nitrogens is 3. The van der Waals surface area contributed by atoms with E-state index in [1.807, 2.05) is 31.2 Å². The number of aromatic amines is 1. The van der Waals surface area contributed by atoms with Crippen molar-refractivity contribution in [3.8, 4) is 28.6 Å². The fourth-order valence-corrected chi connectivity index (χ4v) is 4.09. The summed E-state index contributed by atoms with van der Waals surface area (Å²) in [5, 5.41) is 3.29. The van der Waals surface area contributed by atoms with Gasteiger partial charge in [0.05, 0.1) is 30.4 Å². The van der Waals surface area contributed by atoms with Crippen molar-refractivity contribution in [3.05, 3.63) is 54.5 Å². The first-order chi connectivity index (χ1) is 16.2. The predicted octanol–water partition coefficient (Wildman–Crippen LogP) is 3.66. The van der Waals surface area contributed by atoms with Gasteiger partial charge < -0.3 is 24.5 Å². The van der Waals surface area contributed by atoms with Gasteiger partial charge in [0.25, 0.3) is 0 Å². The van der Waals surface area contributed by atoms with Gasteiger partial charge >= 0.3 is 0 Å². The third-order valence-electron chi connectivity index (χ3n) is 5.18. The minimum absolute atomic E-state index is 0.117. The third kappa shape index (κ3) is 5.75. The van der Waals surface area contributed by atoms with Crippen LogP contribution in [0.3, 0.4) is 0 Å². The van der Waals surface area contributed by atoms with Crippen LogP contribution < -0.4 is 14.8 Å². The Hall–Kier alpha value is -3.37. The standard InChI is InChI=1S/C24H28N4O5S/c1-15-7-22(25-11-15)21-6-5-20(28-21)17-8-18(32-16(2)14-31-3)10-19(9-17)33-23-12-27-24(13-26-23)34(4,29)30/h5-10,12-13,15-16,25,28H,11,14H2,1-4H3/t15-,16+/m1/s1. The molecule has 0 fully saturated rings. The molecule has 0 saturated carbocycles. The quantitative estimate of drug-likeness (QED) is 0.473. The molecule has 9 nitrogen and oxygen atoms in total. The maximum atomic E-state index is 11.6. The highest BCUT2D eigenvalue weighted by atomic mass is 32.2.